The number of rotatable bonds is 5. The first-order valence-corrected chi connectivity index (χ1v) is 8.21. The summed E-state index contributed by atoms with van der Waals surface area (Å²) in [5.74, 6) is 0.578. The molecule has 0 amide bonds. The lowest BCUT2D eigenvalue weighted by molar-refractivity contribution is -0.385. The number of benzene rings is 2. The minimum atomic E-state index is -0.438. The van der Waals surface area contributed by atoms with Gasteiger partial charge in [-0.05, 0) is 22.0 Å². The fourth-order valence-corrected chi connectivity index (χ4v) is 3.00. The standard InChI is InChI=1S/C14H10Br2ClNO3/c15-7-9-3-1-5-11(17)14(9)21-8-10-4-2-6-12(13(10)16)18(19)20/h1-6H,7-8H2. The van der Waals surface area contributed by atoms with Crippen molar-refractivity contribution in [2.45, 2.75) is 11.9 Å². The first-order valence-electron chi connectivity index (χ1n) is 5.92. The van der Waals surface area contributed by atoms with Crippen molar-refractivity contribution in [1.82, 2.24) is 0 Å². The molecule has 0 radical (unpaired) electrons. The van der Waals surface area contributed by atoms with Crippen LogP contribution in [0.1, 0.15) is 11.1 Å². The maximum Gasteiger partial charge on any atom is 0.283 e. The minimum Gasteiger partial charge on any atom is -0.487 e. The van der Waals surface area contributed by atoms with Crippen LogP contribution in [0.5, 0.6) is 5.75 Å². The van der Waals surface area contributed by atoms with Crippen molar-refractivity contribution in [2.24, 2.45) is 0 Å². The van der Waals surface area contributed by atoms with Crippen LogP contribution in [0.2, 0.25) is 5.02 Å². The summed E-state index contributed by atoms with van der Waals surface area (Å²) in [5.41, 5.74) is 1.62. The summed E-state index contributed by atoms with van der Waals surface area (Å²) in [6.07, 6.45) is 0. The van der Waals surface area contributed by atoms with Gasteiger partial charge in [-0.25, -0.2) is 0 Å². The van der Waals surface area contributed by atoms with Gasteiger partial charge in [0.1, 0.15) is 16.8 Å². The summed E-state index contributed by atoms with van der Waals surface area (Å²) in [6.45, 7) is 0.187. The molecule has 2 aromatic carbocycles. The van der Waals surface area contributed by atoms with Crippen LogP contribution < -0.4 is 4.74 Å². The average molecular weight is 435 g/mol. The van der Waals surface area contributed by atoms with Gasteiger partial charge in [0, 0.05) is 22.5 Å². The first kappa shape index (κ1) is 16.3. The topological polar surface area (TPSA) is 52.4 Å². The number of para-hydroxylation sites is 1. The zero-order valence-electron chi connectivity index (χ0n) is 10.7. The molecule has 21 heavy (non-hydrogen) atoms. The summed E-state index contributed by atoms with van der Waals surface area (Å²) in [6, 6.07) is 10.3. The molecule has 0 aromatic heterocycles. The van der Waals surface area contributed by atoms with E-state index in [1.165, 1.54) is 6.07 Å². The fourth-order valence-electron chi connectivity index (χ4n) is 1.79. The number of hydrogen-bond donors (Lipinski definition) is 0. The van der Waals surface area contributed by atoms with Gasteiger partial charge in [0.25, 0.3) is 5.69 Å². The maximum absolute atomic E-state index is 10.9. The number of hydrogen-bond acceptors (Lipinski definition) is 3. The monoisotopic (exact) mass is 433 g/mol. The number of nitro benzene ring substituents is 1. The Morgan fingerprint density at radius 3 is 2.52 bits per heavy atom. The number of ether oxygens (including phenoxy) is 1. The molecule has 0 aliphatic carbocycles. The second-order valence-electron chi connectivity index (χ2n) is 4.16. The second kappa shape index (κ2) is 7.24. The summed E-state index contributed by atoms with van der Waals surface area (Å²) in [7, 11) is 0. The molecule has 4 nitrogen and oxygen atoms in total. The molecule has 0 N–H and O–H groups in total. The second-order valence-corrected chi connectivity index (χ2v) is 5.92. The molecular weight excluding hydrogens is 425 g/mol. The van der Waals surface area contributed by atoms with Crippen LogP contribution in [0.4, 0.5) is 5.69 Å². The van der Waals surface area contributed by atoms with Crippen LogP contribution in [-0.4, -0.2) is 4.92 Å². The van der Waals surface area contributed by atoms with Crippen molar-refractivity contribution in [2.75, 3.05) is 0 Å². The number of halogens is 3. The van der Waals surface area contributed by atoms with E-state index in [0.717, 1.165) is 5.56 Å². The van der Waals surface area contributed by atoms with Gasteiger partial charge in [-0.15, -0.1) is 0 Å². The van der Waals surface area contributed by atoms with E-state index in [1.807, 2.05) is 12.1 Å². The molecule has 0 atom stereocenters. The summed E-state index contributed by atoms with van der Waals surface area (Å²) >= 11 is 12.8. The zero-order chi connectivity index (χ0) is 15.4. The quantitative estimate of drug-likeness (QED) is 0.355. The van der Waals surface area contributed by atoms with Crippen LogP contribution >= 0.6 is 43.5 Å². The molecule has 2 rings (SSSR count). The molecule has 0 saturated heterocycles. The number of nitro groups is 1. The molecular formula is C14H10Br2ClNO3. The highest BCUT2D eigenvalue weighted by molar-refractivity contribution is 9.10. The van der Waals surface area contributed by atoms with Crippen molar-refractivity contribution in [1.29, 1.82) is 0 Å². The Morgan fingerprint density at radius 2 is 1.86 bits per heavy atom. The third-order valence-electron chi connectivity index (χ3n) is 2.82. The van der Waals surface area contributed by atoms with Crippen LogP contribution in [0.3, 0.4) is 0 Å². The van der Waals surface area contributed by atoms with E-state index >= 15 is 0 Å². The van der Waals surface area contributed by atoms with Crippen LogP contribution in [0.25, 0.3) is 0 Å². The number of nitrogens with zero attached hydrogens (tertiary/aromatic N) is 1. The molecule has 0 aliphatic heterocycles. The summed E-state index contributed by atoms with van der Waals surface area (Å²) in [5, 5.41) is 12.0. The van der Waals surface area contributed by atoms with Gasteiger partial charge in [0.2, 0.25) is 0 Å². The van der Waals surface area contributed by atoms with Crippen molar-refractivity contribution >= 4 is 49.1 Å². The third kappa shape index (κ3) is 3.75. The van der Waals surface area contributed by atoms with E-state index < -0.39 is 4.92 Å². The van der Waals surface area contributed by atoms with Crippen molar-refractivity contribution in [3.63, 3.8) is 0 Å². The van der Waals surface area contributed by atoms with E-state index in [9.17, 15) is 10.1 Å². The normalized spacial score (nSPS) is 10.4. The Morgan fingerprint density at radius 1 is 1.19 bits per heavy atom. The van der Waals surface area contributed by atoms with Gasteiger partial charge in [-0.2, -0.15) is 0 Å². The Hall–Kier alpha value is -1.11. The van der Waals surface area contributed by atoms with Gasteiger partial charge in [0.05, 0.1) is 9.95 Å². The molecule has 7 heteroatoms. The van der Waals surface area contributed by atoms with Crippen molar-refractivity contribution in [3.8, 4) is 5.75 Å². The van der Waals surface area contributed by atoms with Crippen molar-refractivity contribution < 1.29 is 9.66 Å². The molecule has 0 unspecified atom stereocenters. The van der Waals surface area contributed by atoms with Gasteiger partial charge >= 0.3 is 0 Å². The van der Waals surface area contributed by atoms with E-state index in [1.54, 1.807) is 18.2 Å². The Kier molecular flexibility index (Phi) is 5.61. The van der Waals surface area contributed by atoms with Crippen LogP contribution in [0, 0.1) is 10.1 Å². The number of alkyl halides is 1. The van der Waals surface area contributed by atoms with E-state index in [2.05, 4.69) is 31.9 Å². The lowest BCUT2D eigenvalue weighted by Crippen LogP contribution is -2.01. The highest BCUT2D eigenvalue weighted by atomic mass is 79.9. The molecule has 0 aliphatic rings. The Bertz CT molecular complexity index is 679. The lowest BCUT2D eigenvalue weighted by atomic mass is 10.2. The lowest BCUT2D eigenvalue weighted by Gasteiger charge is -2.12. The predicted octanol–water partition coefficient (Wildman–Crippen LogP) is 5.48. The molecule has 0 heterocycles. The van der Waals surface area contributed by atoms with Gasteiger partial charge in [-0.3, -0.25) is 10.1 Å². The summed E-state index contributed by atoms with van der Waals surface area (Å²) < 4.78 is 6.16. The molecule has 0 saturated carbocycles. The van der Waals surface area contributed by atoms with E-state index in [4.69, 9.17) is 16.3 Å². The average Bonchev–Trinajstić information content (AvgIpc) is 2.46. The van der Waals surface area contributed by atoms with Crippen LogP contribution in [-0.2, 0) is 11.9 Å². The Labute approximate surface area is 143 Å². The molecule has 0 spiro atoms. The molecule has 110 valence electrons. The Balaban J connectivity index is 2.25. The fraction of sp³-hybridized carbons (Fsp3) is 0.143. The first-order chi connectivity index (χ1) is 10.0. The summed E-state index contributed by atoms with van der Waals surface area (Å²) in [4.78, 5) is 10.5. The van der Waals surface area contributed by atoms with E-state index in [0.29, 0.717) is 26.1 Å². The highest BCUT2D eigenvalue weighted by Crippen LogP contribution is 2.33. The van der Waals surface area contributed by atoms with Gasteiger partial charge < -0.3 is 4.74 Å². The minimum absolute atomic E-state index is 0.0102. The zero-order valence-corrected chi connectivity index (χ0v) is 14.6. The maximum atomic E-state index is 10.9. The van der Waals surface area contributed by atoms with Gasteiger partial charge in [0.15, 0.2) is 0 Å². The smallest absolute Gasteiger partial charge is 0.283 e. The van der Waals surface area contributed by atoms with E-state index in [-0.39, 0.29) is 12.3 Å². The molecule has 2 aromatic rings. The SMILES string of the molecule is O=[N+]([O-])c1cccc(COc2c(Cl)cccc2CBr)c1Br. The highest BCUT2D eigenvalue weighted by Gasteiger charge is 2.16. The van der Waals surface area contributed by atoms with Crippen molar-refractivity contribution in [3.05, 3.63) is 67.1 Å². The largest absolute Gasteiger partial charge is 0.487 e. The predicted molar refractivity (Wildman–Crippen MR) is 89.2 cm³/mol. The third-order valence-corrected chi connectivity index (χ3v) is 4.64. The van der Waals surface area contributed by atoms with Gasteiger partial charge in [-0.1, -0.05) is 51.8 Å². The van der Waals surface area contributed by atoms with Crippen LogP contribution in [0.15, 0.2) is 40.9 Å². The molecule has 0 bridgehead atoms. The molecule has 0 fully saturated rings.